The van der Waals surface area contributed by atoms with E-state index in [0.717, 1.165) is 78.7 Å². The lowest BCUT2D eigenvalue weighted by Gasteiger charge is -2.28. The molecule has 12 nitrogen and oxygen atoms in total. The van der Waals surface area contributed by atoms with Gasteiger partial charge in [-0.05, 0) is 270 Å². The van der Waals surface area contributed by atoms with E-state index in [4.69, 9.17) is 59.4 Å². The molecule has 0 saturated heterocycles. The Morgan fingerprint density at radius 3 is 0.914 bits per heavy atom. The van der Waals surface area contributed by atoms with Gasteiger partial charge in [0.15, 0.2) is 33.5 Å². The molecule has 0 aliphatic heterocycles. The summed E-state index contributed by atoms with van der Waals surface area (Å²) >= 11 is 0. The smallest absolute Gasteiger partial charge is 0.227 e. The fraction of sp³-hybridized carbons (Fsp3) is 0.0862. The first-order chi connectivity index (χ1) is 72.7. The van der Waals surface area contributed by atoms with Crippen LogP contribution in [0.2, 0.25) is 0 Å². The van der Waals surface area contributed by atoms with Crippen molar-refractivity contribution in [3.05, 3.63) is 420 Å². The molecule has 6 heterocycles. The summed E-state index contributed by atoms with van der Waals surface area (Å²) in [4.78, 5) is 27.0. The molecule has 16 aromatic carbocycles. The summed E-state index contributed by atoms with van der Waals surface area (Å²) < 4.78 is 234. The molecule has 0 bridgehead atoms. The molecule has 128 heavy (non-hydrogen) atoms. The zero-order valence-corrected chi connectivity index (χ0v) is 68.9. The molecule has 610 valence electrons. The Morgan fingerprint density at radius 1 is 0.258 bits per heavy atom. The number of aromatic nitrogens is 6. The van der Waals surface area contributed by atoms with Gasteiger partial charge in [0.1, 0.15) is 33.1 Å². The number of allylic oxidation sites excluding steroid dienone is 4. The molecule has 12 heteroatoms. The highest BCUT2D eigenvalue weighted by Crippen LogP contribution is 2.56. The van der Waals surface area contributed by atoms with Crippen molar-refractivity contribution in [1.82, 2.24) is 29.9 Å². The van der Waals surface area contributed by atoms with Crippen molar-refractivity contribution < 1.29 is 59.4 Å². The summed E-state index contributed by atoms with van der Waals surface area (Å²) in [6.07, 6.45) is 9.59. The SMILES string of the molecule is [2H]c1c([2H])c([2H])c2oc(-c3cc(-c4ccc5c(c4)C(C)(C)c4cc(C6C=CC=CC6)ccc4-5)cc(-c4nc5c([2H])c([2H])c([2H])c([2H])c5o4)c3)nc2c1[2H].[2H]c1c([2H])c([2H])c2oc(-c3cc(-c4ccc5c(c4)C(C)(C)c4ccccc4-5)cc(-c4nc5c([2H])c([2H])c([2H])c([2H])c5o4)c3)nc2c1[2H].[2H]c1c([2H])c([2H])c2oc(-c3cc(-c4ccc5c(c4)C(C)(c4ccccc4)c4ccccc4-5)cc(-c4nc5c([2H])c([2H])c([2H])c([2H])c5o4)c3)nc2c1[2H]. The monoisotopic (exact) mass is 1680 g/mol. The maximum absolute atomic E-state index is 8.42. The molecule has 0 saturated carbocycles. The van der Waals surface area contributed by atoms with Crippen LogP contribution in [0, 0.1) is 0 Å². The van der Waals surface area contributed by atoms with E-state index in [1.807, 2.05) is 91.0 Å². The van der Waals surface area contributed by atoms with E-state index >= 15 is 0 Å². The number of para-hydroxylation sites is 12. The third-order valence-electron chi connectivity index (χ3n) is 24.9. The second-order valence-electron chi connectivity index (χ2n) is 33.2. The van der Waals surface area contributed by atoms with E-state index < -0.39 is 77.9 Å². The highest BCUT2D eigenvalue weighted by atomic mass is 16.4. The fourth-order valence-corrected chi connectivity index (χ4v) is 18.5. The van der Waals surface area contributed by atoms with Gasteiger partial charge in [-0.1, -0.05) is 258 Å². The van der Waals surface area contributed by atoms with Gasteiger partial charge in [0, 0.05) is 55.5 Å². The minimum Gasteiger partial charge on any atom is -0.436 e. The van der Waals surface area contributed by atoms with Crippen molar-refractivity contribution in [3.63, 3.8) is 0 Å². The Hall–Kier alpha value is -16.2. The number of hydrogen-bond donors (Lipinski definition) is 0. The molecule has 0 spiro atoms. The minimum absolute atomic E-state index is 0.000357. The number of oxazole rings is 6. The van der Waals surface area contributed by atoms with Crippen molar-refractivity contribution in [3.8, 4) is 135 Å². The second-order valence-corrected chi connectivity index (χ2v) is 33.2. The molecule has 6 aromatic heterocycles. The summed E-state index contributed by atoms with van der Waals surface area (Å²) in [5.74, 6) is 0.664. The van der Waals surface area contributed by atoms with Crippen molar-refractivity contribution >= 4 is 66.6 Å². The minimum atomic E-state index is -0.460. The Kier molecular flexibility index (Phi) is 12.7. The zero-order valence-electron chi connectivity index (χ0n) is 92.9. The van der Waals surface area contributed by atoms with Gasteiger partial charge in [-0.25, -0.2) is 29.9 Å². The maximum Gasteiger partial charge on any atom is 0.227 e. The van der Waals surface area contributed by atoms with Crippen LogP contribution in [-0.2, 0) is 16.2 Å². The molecule has 2 atom stereocenters. The molecular weight excluding hydrogens is 1570 g/mol. The summed E-state index contributed by atoms with van der Waals surface area (Å²) in [6, 6.07) is 60.0. The first-order valence-electron chi connectivity index (χ1n) is 53.5. The zero-order chi connectivity index (χ0) is 106. The standard InChI is InChI=1S/C41H30N2O2.C40H26N2O2.C35H24N2O2/c1-41(2)33-23-26(25-10-4-3-5-11-25)16-18-31(33)32-19-17-27(24-34(32)41)28-20-29(39-42-35-12-6-8-14-37(35)44-39)22-30(21-28)40-43-36-13-7-9-15-38(36)45-40;1-40(29-11-3-2-4-12-29)32-14-6-5-13-30(32)31-20-19-25(24-33(31)40)26-21-27(38-41-34-15-7-9-17-36(34)43-38)23-28(22-26)39-42-35-16-8-10-18-37(35)44-39;1-35(2)27-10-4-3-9-25(27)26-16-15-21(20-28(26)35)22-17-23(33-36-29-11-5-7-13-31(29)38-33)19-24(18-22)34-37-30-12-6-8-14-32(30)39-34/h3-10,12-25H,11H2,1-2H3;2-24H,1H3;3-20H,1-2H3/i6D,7D,8D,9D,12D,13D,14D,15D;7D,8D,9D,10D,15D,16D,17D,18D;5D,6D,7D,8D,11D,12D,13D,14D. The number of hydrogen-bond acceptors (Lipinski definition) is 12. The predicted molar refractivity (Wildman–Crippen MR) is 512 cm³/mol. The molecule has 0 N–H and O–H groups in total. The van der Waals surface area contributed by atoms with Crippen molar-refractivity contribution in [2.75, 3.05) is 0 Å². The van der Waals surface area contributed by atoms with Crippen LogP contribution in [0.5, 0.6) is 0 Å². The van der Waals surface area contributed by atoms with Crippen LogP contribution in [0.15, 0.2) is 402 Å². The van der Waals surface area contributed by atoms with Gasteiger partial charge in [0.25, 0.3) is 0 Å². The largest absolute Gasteiger partial charge is 0.436 e. The van der Waals surface area contributed by atoms with Gasteiger partial charge in [-0.2, -0.15) is 0 Å². The summed E-state index contributed by atoms with van der Waals surface area (Å²) in [5, 5.41) is 0. The Morgan fingerprint density at radius 2 is 0.547 bits per heavy atom. The van der Waals surface area contributed by atoms with Crippen LogP contribution in [-0.4, -0.2) is 29.9 Å². The predicted octanol–water partition coefficient (Wildman–Crippen LogP) is 30.5. The Bertz CT molecular complexity index is 9250. The third-order valence-corrected chi connectivity index (χ3v) is 24.9. The fourth-order valence-electron chi connectivity index (χ4n) is 18.5. The molecule has 0 radical (unpaired) electrons. The number of rotatable bonds is 11. The van der Waals surface area contributed by atoms with Gasteiger partial charge < -0.3 is 26.5 Å². The molecule has 4 aliphatic rings. The molecule has 4 aliphatic carbocycles. The number of benzene rings is 16. The molecule has 26 rings (SSSR count). The number of nitrogens with zero attached hydrogens (tertiary/aromatic N) is 6. The van der Waals surface area contributed by atoms with Crippen LogP contribution in [0.3, 0.4) is 0 Å². The van der Waals surface area contributed by atoms with Gasteiger partial charge in [-0.15, -0.1) is 0 Å². The number of fused-ring (bicyclic) bond motifs is 15. The lowest BCUT2D eigenvalue weighted by molar-refractivity contribution is 0.616. The topological polar surface area (TPSA) is 156 Å². The maximum atomic E-state index is 8.42. The molecule has 22 aromatic rings. The lowest BCUT2D eigenvalue weighted by Crippen LogP contribution is -2.22. The van der Waals surface area contributed by atoms with Crippen LogP contribution >= 0.6 is 0 Å². The second kappa shape index (κ2) is 29.8. The quantitative estimate of drug-likeness (QED) is 0.121. The van der Waals surface area contributed by atoms with E-state index in [-0.39, 0.29) is 185 Å². The van der Waals surface area contributed by atoms with Crippen LogP contribution < -0.4 is 0 Å². The van der Waals surface area contributed by atoms with E-state index in [1.54, 1.807) is 18.2 Å². The first kappa shape index (κ1) is 54.4. The normalized spacial score (nSPS) is 17.8. The van der Waals surface area contributed by atoms with Crippen molar-refractivity contribution in [2.24, 2.45) is 0 Å². The Balaban J connectivity index is 0.000000121. The Labute approximate surface area is 771 Å². The summed E-state index contributed by atoms with van der Waals surface area (Å²) in [7, 11) is 0. The van der Waals surface area contributed by atoms with Gasteiger partial charge in [0.05, 0.1) is 32.9 Å². The summed E-state index contributed by atoms with van der Waals surface area (Å²) in [6.45, 7) is 11.1. The average Bonchev–Trinajstić information content (AvgIpc) is 1.56. The molecular formula is C116H80N6O6. The van der Waals surface area contributed by atoms with Gasteiger partial charge in [0.2, 0.25) is 35.3 Å². The molecule has 0 amide bonds. The first-order valence-corrected chi connectivity index (χ1v) is 41.5. The highest BCUT2D eigenvalue weighted by molar-refractivity contribution is 5.93. The summed E-state index contributed by atoms with van der Waals surface area (Å²) in [5.41, 5.74) is 22.4. The third kappa shape index (κ3) is 12.9. The van der Waals surface area contributed by atoms with E-state index in [0.29, 0.717) is 44.9 Å². The van der Waals surface area contributed by atoms with Crippen LogP contribution in [0.25, 0.3) is 202 Å². The van der Waals surface area contributed by atoms with Gasteiger partial charge >= 0.3 is 0 Å². The van der Waals surface area contributed by atoms with E-state index in [2.05, 4.69) is 186 Å². The highest BCUT2D eigenvalue weighted by Gasteiger charge is 2.42. The van der Waals surface area contributed by atoms with E-state index in [9.17, 15) is 0 Å². The lowest BCUT2D eigenvalue weighted by atomic mass is 9.74. The molecule has 2 unspecified atom stereocenters. The van der Waals surface area contributed by atoms with Crippen LogP contribution in [0.1, 0.15) is 124 Å². The van der Waals surface area contributed by atoms with Crippen LogP contribution in [0.4, 0.5) is 0 Å². The van der Waals surface area contributed by atoms with Gasteiger partial charge in [-0.3, -0.25) is 0 Å². The average molecular weight is 1680 g/mol. The van der Waals surface area contributed by atoms with Crippen molar-refractivity contribution in [2.45, 2.75) is 63.2 Å². The molecule has 0 fully saturated rings. The van der Waals surface area contributed by atoms with E-state index in [1.165, 1.54) is 33.4 Å². The van der Waals surface area contributed by atoms with Crippen molar-refractivity contribution in [1.29, 1.82) is 0 Å².